The Morgan fingerprint density at radius 2 is 1.35 bits per heavy atom. The molecule has 136 valence electrons. The number of unbranched alkanes of at least 4 members (excludes halogenated alkanes) is 2. The van der Waals surface area contributed by atoms with Gasteiger partial charge in [0.1, 0.15) is 6.04 Å². The van der Waals surface area contributed by atoms with Crippen LogP contribution in [0.5, 0.6) is 0 Å². The van der Waals surface area contributed by atoms with E-state index in [4.69, 9.17) is 9.47 Å². The molecule has 0 aliphatic heterocycles. The Morgan fingerprint density at radius 3 is 1.74 bits per heavy atom. The van der Waals surface area contributed by atoms with Crippen molar-refractivity contribution in [2.24, 2.45) is 0 Å². The highest BCUT2D eigenvalue weighted by Crippen LogP contribution is 2.13. The second kappa shape index (κ2) is 12.3. The molecule has 0 aromatic heterocycles. The summed E-state index contributed by atoms with van der Waals surface area (Å²) in [7, 11) is 0. The predicted octanol–water partition coefficient (Wildman–Crippen LogP) is 3.55. The van der Waals surface area contributed by atoms with Gasteiger partial charge in [-0.3, -0.25) is 14.5 Å². The zero-order chi connectivity index (χ0) is 17.8. The summed E-state index contributed by atoms with van der Waals surface area (Å²) in [6, 6.07) is -0.554. The van der Waals surface area contributed by atoms with Gasteiger partial charge in [0.15, 0.2) is 0 Å². The van der Waals surface area contributed by atoms with Crippen molar-refractivity contribution in [2.75, 3.05) is 13.1 Å². The minimum atomic E-state index is -0.554. The van der Waals surface area contributed by atoms with E-state index in [1.165, 1.54) is 0 Å². The van der Waals surface area contributed by atoms with Crippen molar-refractivity contribution in [1.82, 2.24) is 4.90 Å². The zero-order valence-electron chi connectivity index (χ0n) is 15.8. The molecule has 0 bridgehead atoms. The van der Waals surface area contributed by atoms with Crippen LogP contribution in [-0.4, -0.2) is 48.2 Å². The molecular weight excluding hydrogens is 294 g/mol. The molecule has 5 nitrogen and oxygen atoms in total. The summed E-state index contributed by atoms with van der Waals surface area (Å²) in [5.74, 6) is -0.670. The molecular formula is C18H35NO4. The van der Waals surface area contributed by atoms with Gasteiger partial charge in [-0.1, -0.05) is 26.7 Å². The highest BCUT2D eigenvalue weighted by Gasteiger charge is 2.30. The van der Waals surface area contributed by atoms with Crippen molar-refractivity contribution in [3.8, 4) is 0 Å². The van der Waals surface area contributed by atoms with E-state index in [0.717, 1.165) is 38.8 Å². The third kappa shape index (κ3) is 10.3. The van der Waals surface area contributed by atoms with Gasteiger partial charge >= 0.3 is 11.9 Å². The molecule has 0 rings (SSSR count). The first kappa shape index (κ1) is 21.9. The maximum Gasteiger partial charge on any atom is 0.324 e. The molecule has 0 heterocycles. The largest absolute Gasteiger partial charge is 0.463 e. The lowest BCUT2D eigenvalue weighted by molar-refractivity contribution is -0.161. The quantitative estimate of drug-likeness (QED) is 0.513. The van der Waals surface area contributed by atoms with E-state index in [-0.39, 0.29) is 30.6 Å². The molecule has 0 amide bonds. The molecule has 0 spiro atoms. The summed E-state index contributed by atoms with van der Waals surface area (Å²) in [4.78, 5) is 26.6. The van der Waals surface area contributed by atoms with Gasteiger partial charge in [0.25, 0.3) is 0 Å². The van der Waals surface area contributed by atoms with Crippen molar-refractivity contribution in [2.45, 2.75) is 91.9 Å². The Balaban J connectivity index is 5.06. The van der Waals surface area contributed by atoms with Crippen LogP contribution < -0.4 is 0 Å². The number of carbonyl (C=O) groups excluding carboxylic acids is 2. The van der Waals surface area contributed by atoms with Gasteiger partial charge in [-0.05, 0) is 53.6 Å². The molecule has 0 aromatic carbocycles. The topological polar surface area (TPSA) is 55.8 Å². The highest BCUT2D eigenvalue weighted by molar-refractivity contribution is 5.82. The number of rotatable bonds is 12. The van der Waals surface area contributed by atoms with Gasteiger partial charge in [0.05, 0.1) is 18.6 Å². The monoisotopic (exact) mass is 329 g/mol. The second-order valence-corrected chi connectivity index (χ2v) is 6.49. The Kier molecular flexibility index (Phi) is 11.7. The molecule has 23 heavy (non-hydrogen) atoms. The summed E-state index contributed by atoms with van der Waals surface area (Å²) < 4.78 is 10.6. The average Bonchev–Trinajstić information content (AvgIpc) is 2.44. The van der Waals surface area contributed by atoms with Crippen molar-refractivity contribution < 1.29 is 19.1 Å². The highest BCUT2D eigenvalue weighted by atomic mass is 16.6. The number of esters is 2. The van der Waals surface area contributed by atoms with E-state index >= 15 is 0 Å². The molecule has 0 radical (unpaired) electrons. The van der Waals surface area contributed by atoms with Crippen LogP contribution >= 0.6 is 0 Å². The van der Waals surface area contributed by atoms with E-state index in [0.29, 0.717) is 0 Å². The van der Waals surface area contributed by atoms with E-state index in [1.807, 2.05) is 27.7 Å². The third-order valence-corrected chi connectivity index (χ3v) is 3.39. The molecule has 0 aliphatic carbocycles. The smallest absolute Gasteiger partial charge is 0.324 e. The summed E-state index contributed by atoms with van der Waals surface area (Å²) in [5, 5.41) is 0. The van der Waals surface area contributed by atoms with E-state index in [1.54, 1.807) is 0 Å². The summed E-state index contributed by atoms with van der Waals surface area (Å²) in [6.45, 7) is 13.1. The minimum absolute atomic E-state index is 0.0527. The van der Waals surface area contributed by atoms with Gasteiger partial charge in [-0.25, -0.2) is 0 Å². The number of ether oxygens (including phenoxy) is 2. The van der Waals surface area contributed by atoms with E-state index < -0.39 is 6.04 Å². The molecule has 1 unspecified atom stereocenters. The number of hydrogen-bond donors (Lipinski definition) is 0. The average molecular weight is 329 g/mol. The minimum Gasteiger partial charge on any atom is -0.463 e. The maximum atomic E-state index is 12.5. The molecule has 1 atom stereocenters. The van der Waals surface area contributed by atoms with Crippen LogP contribution in [0.15, 0.2) is 0 Å². The maximum absolute atomic E-state index is 12.5. The number of carbonyl (C=O) groups is 2. The first-order valence-electron chi connectivity index (χ1n) is 8.95. The Hall–Kier alpha value is -1.10. The fraction of sp³-hybridized carbons (Fsp3) is 0.889. The van der Waals surface area contributed by atoms with E-state index in [9.17, 15) is 9.59 Å². The first-order chi connectivity index (χ1) is 10.8. The van der Waals surface area contributed by atoms with Gasteiger partial charge in [0, 0.05) is 0 Å². The lowest BCUT2D eigenvalue weighted by Gasteiger charge is -2.30. The van der Waals surface area contributed by atoms with Crippen LogP contribution in [0.2, 0.25) is 0 Å². The summed E-state index contributed by atoms with van der Waals surface area (Å²) >= 11 is 0. The zero-order valence-corrected chi connectivity index (χ0v) is 15.8. The lowest BCUT2D eigenvalue weighted by atomic mass is 10.1. The fourth-order valence-electron chi connectivity index (χ4n) is 2.29. The van der Waals surface area contributed by atoms with Crippen molar-refractivity contribution >= 4 is 11.9 Å². The molecule has 0 aliphatic rings. The van der Waals surface area contributed by atoms with Crippen LogP contribution in [0.4, 0.5) is 0 Å². The lowest BCUT2D eigenvalue weighted by Crippen LogP contribution is -2.45. The normalized spacial score (nSPS) is 12.7. The van der Waals surface area contributed by atoms with Gasteiger partial charge < -0.3 is 9.47 Å². The van der Waals surface area contributed by atoms with Gasteiger partial charge in [-0.15, -0.1) is 0 Å². The van der Waals surface area contributed by atoms with Gasteiger partial charge in [-0.2, -0.15) is 0 Å². The molecule has 0 saturated carbocycles. The standard InChI is InChI=1S/C18H35NO4/c1-7-9-11-19(12-10-8-2)16(18(21)23-15(5)6)13-17(20)22-14(3)4/h14-16H,7-13H2,1-6H3. The Morgan fingerprint density at radius 1 is 0.870 bits per heavy atom. The van der Waals surface area contributed by atoms with Crippen LogP contribution in [-0.2, 0) is 19.1 Å². The summed E-state index contributed by atoms with van der Waals surface area (Å²) in [5.41, 5.74) is 0. The second-order valence-electron chi connectivity index (χ2n) is 6.49. The van der Waals surface area contributed by atoms with Crippen LogP contribution in [0.1, 0.15) is 73.6 Å². The fourth-order valence-corrected chi connectivity index (χ4v) is 2.29. The molecule has 5 heteroatoms. The first-order valence-corrected chi connectivity index (χ1v) is 8.95. The van der Waals surface area contributed by atoms with Crippen LogP contribution in [0.25, 0.3) is 0 Å². The van der Waals surface area contributed by atoms with Crippen molar-refractivity contribution in [1.29, 1.82) is 0 Å². The Bertz CT molecular complexity index is 334. The third-order valence-electron chi connectivity index (χ3n) is 3.39. The van der Waals surface area contributed by atoms with Crippen molar-refractivity contribution in [3.05, 3.63) is 0 Å². The predicted molar refractivity (Wildman–Crippen MR) is 92.3 cm³/mol. The van der Waals surface area contributed by atoms with Crippen LogP contribution in [0.3, 0.4) is 0 Å². The van der Waals surface area contributed by atoms with E-state index in [2.05, 4.69) is 18.7 Å². The molecule has 0 N–H and O–H groups in total. The number of hydrogen-bond acceptors (Lipinski definition) is 5. The molecule has 0 saturated heterocycles. The molecule has 0 fully saturated rings. The SMILES string of the molecule is CCCCN(CCCC)C(CC(=O)OC(C)C)C(=O)OC(C)C. The van der Waals surface area contributed by atoms with Gasteiger partial charge in [0.2, 0.25) is 0 Å². The molecule has 0 aromatic rings. The summed E-state index contributed by atoms with van der Waals surface area (Å²) in [6.07, 6.45) is 3.77. The van der Waals surface area contributed by atoms with Crippen LogP contribution in [0, 0.1) is 0 Å². The Labute approximate surface area is 141 Å². The number of nitrogens with zero attached hydrogens (tertiary/aromatic N) is 1. The van der Waals surface area contributed by atoms with Crippen molar-refractivity contribution in [3.63, 3.8) is 0 Å².